The zero-order valence-electron chi connectivity index (χ0n) is 24.9. The number of fused-ring (bicyclic) bond motifs is 2. The number of benzene rings is 2. The second kappa shape index (κ2) is 14.8. The fourth-order valence-corrected chi connectivity index (χ4v) is 5.24. The van der Waals surface area contributed by atoms with Crippen LogP contribution in [-0.4, -0.2) is 52.4 Å². The molecule has 1 aliphatic rings. The van der Waals surface area contributed by atoms with Gasteiger partial charge in [0.2, 0.25) is 5.91 Å². The normalized spacial score (nSPS) is 17.6. The van der Waals surface area contributed by atoms with E-state index in [-0.39, 0.29) is 39.9 Å². The lowest BCUT2D eigenvalue weighted by atomic mass is 9.99. The van der Waals surface area contributed by atoms with Gasteiger partial charge < -0.3 is 26.0 Å². The fraction of sp³-hybridized carbons (Fsp3) is 0.419. The number of carbonyl (C=O) groups excluding carboxylic acids is 3. The van der Waals surface area contributed by atoms with Gasteiger partial charge in [-0.05, 0) is 69.9 Å². The van der Waals surface area contributed by atoms with Crippen molar-refractivity contribution in [3.05, 3.63) is 75.8 Å². The summed E-state index contributed by atoms with van der Waals surface area (Å²) in [5.41, 5.74) is 1.01. The Balaban J connectivity index is 1.51. The Morgan fingerprint density at radius 1 is 1.14 bits per heavy atom. The van der Waals surface area contributed by atoms with E-state index in [1.54, 1.807) is 26.8 Å². The molecule has 2 aromatic carbocycles. The van der Waals surface area contributed by atoms with Crippen molar-refractivity contribution in [3.8, 4) is 5.69 Å². The highest BCUT2D eigenvalue weighted by atomic mass is 35.5. The van der Waals surface area contributed by atoms with Crippen molar-refractivity contribution in [2.24, 2.45) is 0 Å². The molecule has 13 heteroatoms. The number of hydrogen-bond donors (Lipinski definition) is 4. The molecular formula is C31H37Cl2FN6O4. The molecule has 0 saturated heterocycles. The van der Waals surface area contributed by atoms with E-state index in [2.05, 4.69) is 26.4 Å². The van der Waals surface area contributed by atoms with Gasteiger partial charge in [-0.25, -0.2) is 13.9 Å². The summed E-state index contributed by atoms with van der Waals surface area (Å²) in [6.07, 6.45) is 4.09. The molecule has 0 saturated carbocycles. The SMILES string of the molecule is CC(C)(C)OC(=O)NCC[C@@H]1Nc2cccc(c2)[C@@H](NC(=O)c2cnn(-c3cccc(Cl)c3F)c2Cl)CCCCCNC1=O. The monoisotopic (exact) mass is 646 g/mol. The molecule has 2 bridgehead atoms. The van der Waals surface area contributed by atoms with Gasteiger partial charge in [0.1, 0.15) is 22.5 Å². The number of aromatic nitrogens is 2. The molecule has 3 aromatic rings. The number of amides is 3. The largest absolute Gasteiger partial charge is 0.444 e. The summed E-state index contributed by atoms with van der Waals surface area (Å²) >= 11 is 12.4. The van der Waals surface area contributed by atoms with Crippen molar-refractivity contribution in [2.75, 3.05) is 18.4 Å². The van der Waals surface area contributed by atoms with Crippen LogP contribution in [0.3, 0.4) is 0 Å². The third kappa shape index (κ3) is 8.86. The number of ether oxygens (including phenoxy) is 1. The number of anilines is 1. The summed E-state index contributed by atoms with van der Waals surface area (Å²) in [6.45, 7) is 6.07. The summed E-state index contributed by atoms with van der Waals surface area (Å²) < 4.78 is 21.0. The predicted octanol–water partition coefficient (Wildman–Crippen LogP) is 6.17. The molecule has 10 nitrogen and oxygen atoms in total. The van der Waals surface area contributed by atoms with E-state index < -0.39 is 29.5 Å². The van der Waals surface area contributed by atoms with Gasteiger partial charge >= 0.3 is 6.09 Å². The van der Waals surface area contributed by atoms with E-state index in [0.717, 1.165) is 29.5 Å². The molecule has 2 heterocycles. The Morgan fingerprint density at radius 2 is 1.91 bits per heavy atom. The molecule has 2 atom stereocenters. The minimum atomic E-state index is -0.697. The molecule has 4 rings (SSSR count). The molecule has 0 spiro atoms. The van der Waals surface area contributed by atoms with E-state index in [1.165, 1.54) is 18.3 Å². The van der Waals surface area contributed by atoms with E-state index in [1.807, 2.05) is 24.3 Å². The summed E-state index contributed by atoms with van der Waals surface area (Å²) in [5, 5.41) is 16.0. The second-order valence-corrected chi connectivity index (χ2v) is 12.3. The lowest BCUT2D eigenvalue weighted by Crippen LogP contribution is -2.42. The first-order valence-corrected chi connectivity index (χ1v) is 15.3. The molecule has 1 aromatic heterocycles. The average molecular weight is 648 g/mol. The molecule has 0 unspecified atom stereocenters. The van der Waals surface area contributed by atoms with Crippen LogP contribution in [0.4, 0.5) is 14.9 Å². The molecular weight excluding hydrogens is 610 g/mol. The first kappa shape index (κ1) is 33.1. The first-order chi connectivity index (χ1) is 20.9. The predicted molar refractivity (Wildman–Crippen MR) is 168 cm³/mol. The highest BCUT2D eigenvalue weighted by Crippen LogP contribution is 2.28. The van der Waals surface area contributed by atoms with Gasteiger partial charge in [0.15, 0.2) is 5.82 Å². The Hall–Kier alpha value is -3.83. The van der Waals surface area contributed by atoms with Crippen molar-refractivity contribution in [3.63, 3.8) is 0 Å². The molecule has 44 heavy (non-hydrogen) atoms. The van der Waals surface area contributed by atoms with E-state index >= 15 is 0 Å². The Morgan fingerprint density at radius 3 is 2.68 bits per heavy atom. The van der Waals surface area contributed by atoms with Crippen molar-refractivity contribution in [2.45, 2.75) is 70.6 Å². The maximum atomic E-state index is 14.6. The van der Waals surface area contributed by atoms with Crippen LogP contribution in [0, 0.1) is 5.82 Å². The van der Waals surface area contributed by atoms with Crippen molar-refractivity contribution < 1.29 is 23.5 Å². The highest BCUT2D eigenvalue weighted by Gasteiger charge is 2.24. The molecule has 3 amide bonds. The van der Waals surface area contributed by atoms with Crippen LogP contribution in [0.2, 0.25) is 10.2 Å². The maximum absolute atomic E-state index is 14.6. The van der Waals surface area contributed by atoms with Gasteiger partial charge in [-0.15, -0.1) is 0 Å². The van der Waals surface area contributed by atoms with Crippen LogP contribution < -0.4 is 21.3 Å². The third-order valence-electron chi connectivity index (χ3n) is 6.94. The molecule has 4 N–H and O–H groups in total. The summed E-state index contributed by atoms with van der Waals surface area (Å²) in [4.78, 5) is 38.6. The van der Waals surface area contributed by atoms with E-state index in [4.69, 9.17) is 27.9 Å². The van der Waals surface area contributed by atoms with Crippen molar-refractivity contribution in [1.29, 1.82) is 0 Å². The number of halogens is 3. The quantitative estimate of drug-likeness (QED) is 0.254. The molecule has 236 valence electrons. The van der Waals surface area contributed by atoms with Gasteiger partial charge in [0.25, 0.3) is 5.91 Å². The zero-order valence-corrected chi connectivity index (χ0v) is 26.4. The number of rotatable bonds is 6. The topological polar surface area (TPSA) is 126 Å². The number of alkyl carbamates (subject to hydrolysis) is 1. The van der Waals surface area contributed by atoms with Gasteiger partial charge in [-0.1, -0.05) is 54.2 Å². The van der Waals surface area contributed by atoms with Crippen LogP contribution in [-0.2, 0) is 9.53 Å². The Labute approximate surface area is 266 Å². The van der Waals surface area contributed by atoms with Gasteiger partial charge in [0.05, 0.1) is 22.8 Å². The van der Waals surface area contributed by atoms with Crippen molar-refractivity contribution in [1.82, 2.24) is 25.7 Å². The minimum absolute atomic E-state index is 0.0291. The minimum Gasteiger partial charge on any atom is -0.444 e. The van der Waals surface area contributed by atoms with Gasteiger partial charge in [0, 0.05) is 18.8 Å². The Kier molecular flexibility index (Phi) is 11.1. The lowest BCUT2D eigenvalue weighted by molar-refractivity contribution is -0.122. The second-order valence-electron chi connectivity index (χ2n) is 11.5. The fourth-order valence-electron chi connectivity index (χ4n) is 4.80. The average Bonchev–Trinajstić information content (AvgIpc) is 3.34. The van der Waals surface area contributed by atoms with Gasteiger partial charge in [-0.3, -0.25) is 9.59 Å². The summed E-state index contributed by atoms with van der Waals surface area (Å²) in [7, 11) is 0. The summed E-state index contributed by atoms with van der Waals surface area (Å²) in [6, 6.07) is 10.9. The smallest absolute Gasteiger partial charge is 0.407 e. The maximum Gasteiger partial charge on any atom is 0.407 e. The van der Waals surface area contributed by atoms with Crippen LogP contribution in [0.25, 0.3) is 5.69 Å². The van der Waals surface area contributed by atoms with Crippen LogP contribution in [0.15, 0.2) is 48.7 Å². The molecule has 0 aliphatic carbocycles. The Bertz CT molecular complexity index is 1490. The van der Waals surface area contributed by atoms with Crippen LogP contribution >= 0.6 is 23.2 Å². The van der Waals surface area contributed by atoms with Crippen LogP contribution in [0.1, 0.15) is 74.8 Å². The highest BCUT2D eigenvalue weighted by molar-refractivity contribution is 6.33. The molecule has 0 radical (unpaired) electrons. The number of carbonyl (C=O) groups is 3. The number of nitrogens with one attached hydrogen (secondary N) is 4. The number of nitrogens with zero attached hydrogens (tertiary/aromatic N) is 2. The molecule has 1 aliphatic heterocycles. The van der Waals surface area contributed by atoms with E-state index in [0.29, 0.717) is 25.1 Å². The first-order valence-electron chi connectivity index (χ1n) is 14.5. The number of hydrogen-bond acceptors (Lipinski definition) is 6. The zero-order chi connectivity index (χ0) is 31.9. The van der Waals surface area contributed by atoms with Crippen molar-refractivity contribution >= 4 is 46.8 Å². The standard InChI is InChI=1S/C31H37Cl2FN6O4/c1-31(2,3)44-30(43)36-16-14-24-29(42)35-15-6-4-5-12-23(19-9-7-10-20(17-19)38-24)39-28(41)21-18-37-40(27(21)33)25-13-8-11-22(32)26(25)34/h7-11,13,17-18,23-24,38H,4-6,12,14-16H2,1-3H3,(H,35,42)(H,36,43)(H,39,41)/t23-,24-/m0/s1. The molecule has 0 fully saturated rings. The van der Waals surface area contributed by atoms with E-state index in [9.17, 15) is 18.8 Å². The third-order valence-corrected chi connectivity index (χ3v) is 7.59. The van der Waals surface area contributed by atoms with Gasteiger partial charge in [-0.2, -0.15) is 5.10 Å². The van der Waals surface area contributed by atoms with Crippen LogP contribution in [0.5, 0.6) is 0 Å². The lowest BCUT2D eigenvalue weighted by Gasteiger charge is -2.23. The summed E-state index contributed by atoms with van der Waals surface area (Å²) in [5.74, 6) is -1.33.